The highest BCUT2D eigenvalue weighted by Crippen LogP contribution is 2.38. The van der Waals surface area contributed by atoms with Crippen LogP contribution in [-0.4, -0.2) is 47.9 Å². The van der Waals surface area contributed by atoms with Crippen molar-refractivity contribution in [2.75, 3.05) is 25.0 Å². The van der Waals surface area contributed by atoms with Crippen LogP contribution < -0.4 is 5.32 Å². The van der Waals surface area contributed by atoms with Gasteiger partial charge in [-0.3, -0.25) is 0 Å². The number of aryl methyl sites for hydroxylation is 1. The molecule has 2 heterocycles. The third-order valence-corrected chi connectivity index (χ3v) is 6.40. The SMILES string of the molecule is CCOC(=O)c1c(NC(=S)N2C[C@@H](C)O[C@@H](C)C2)sc2c1CCCCC2. The highest BCUT2D eigenvalue weighted by molar-refractivity contribution is 7.80. The molecule has 1 aliphatic heterocycles. The fourth-order valence-corrected chi connectivity index (χ4v) is 5.36. The average Bonchev–Trinajstić information content (AvgIpc) is 2.75. The Bertz CT molecular complexity index is 664. The number of thiophene rings is 1. The number of morpholine rings is 1. The Hall–Kier alpha value is -1.18. The van der Waals surface area contributed by atoms with E-state index < -0.39 is 0 Å². The number of hydrogen-bond donors (Lipinski definition) is 1. The van der Waals surface area contributed by atoms with Gasteiger partial charge >= 0.3 is 5.97 Å². The van der Waals surface area contributed by atoms with Crippen LogP contribution in [0.4, 0.5) is 5.00 Å². The molecule has 0 saturated carbocycles. The van der Waals surface area contributed by atoms with Crippen molar-refractivity contribution in [2.45, 2.75) is 65.1 Å². The Balaban J connectivity index is 1.84. The molecule has 1 aromatic rings. The van der Waals surface area contributed by atoms with Crippen molar-refractivity contribution in [2.24, 2.45) is 0 Å². The Kier molecular flexibility index (Phi) is 6.53. The zero-order valence-electron chi connectivity index (χ0n) is 15.8. The van der Waals surface area contributed by atoms with Crippen LogP contribution in [-0.2, 0) is 22.3 Å². The smallest absolute Gasteiger partial charge is 0.341 e. The molecule has 2 atom stereocenters. The van der Waals surface area contributed by atoms with E-state index >= 15 is 0 Å². The van der Waals surface area contributed by atoms with Gasteiger partial charge in [-0.15, -0.1) is 11.3 Å². The molecule has 1 saturated heterocycles. The number of carbonyl (C=O) groups excluding carboxylic acids is 1. The zero-order valence-corrected chi connectivity index (χ0v) is 17.4. The van der Waals surface area contributed by atoms with Crippen LogP contribution in [0, 0.1) is 0 Å². The molecule has 0 spiro atoms. The monoisotopic (exact) mass is 396 g/mol. The number of nitrogens with one attached hydrogen (secondary N) is 1. The van der Waals surface area contributed by atoms with Crippen molar-refractivity contribution < 1.29 is 14.3 Å². The number of thiocarbonyl (C=S) groups is 1. The Morgan fingerprint density at radius 3 is 2.65 bits per heavy atom. The summed E-state index contributed by atoms with van der Waals surface area (Å²) >= 11 is 7.32. The van der Waals surface area contributed by atoms with Gasteiger partial charge in [0.15, 0.2) is 5.11 Å². The molecule has 2 aliphatic rings. The second-order valence-corrected chi connectivity index (χ2v) is 8.57. The predicted molar refractivity (Wildman–Crippen MR) is 109 cm³/mol. The van der Waals surface area contributed by atoms with Gasteiger partial charge in [0.05, 0.1) is 24.4 Å². The van der Waals surface area contributed by atoms with Gasteiger partial charge in [0.1, 0.15) is 5.00 Å². The van der Waals surface area contributed by atoms with E-state index in [2.05, 4.69) is 24.1 Å². The third-order valence-electron chi connectivity index (χ3n) is 4.83. The molecule has 5 nitrogen and oxygen atoms in total. The third kappa shape index (κ3) is 4.38. The summed E-state index contributed by atoms with van der Waals surface area (Å²) in [5.74, 6) is -0.235. The van der Waals surface area contributed by atoms with Gasteiger partial charge in [-0.2, -0.15) is 0 Å². The van der Waals surface area contributed by atoms with E-state index in [1.54, 1.807) is 11.3 Å². The lowest BCUT2D eigenvalue weighted by molar-refractivity contribution is -0.0473. The minimum Gasteiger partial charge on any atom is -0.462 e. The highest BCUT2D eigenvalue weighted by atomic mass is 32.1. The molecule has 1 aliphatic carbocycles. The van der Waals surface area contributed by atoms with Crippen LogP contribution >= 0.6 is 23.6 Å². The van der Waals surface area contributed by atoms with Crippen LogP contribution in [0.1, 0.15) is 60.8 Å². The van der Waals surface area contributed by atoms with Gasteiger partial charge in [0.2, 0.25) is 0 Å². The molecule has 1 N–H and O–H groups in total. The second-order valence-electron chi connectivity index (χ2n) is 7.08. The first-order valence-electron chi connectivity index (χ1n) is 9.52. The summed E-state index contributed by atoms with van der Waals surface area (Å²) in [4.78, 5) is 16.1. The average molecular weight is 397 g/mol. The summed E-state index contributed by atoms with van der Waals surface area (Å²) in [7, 11) is 0. The second kappa shape index (κ2) is 8.67. The summed E-state index contributed by atoms with van der Waals surface area (Å²) < 4.78 is 11.1. The molecule has 0 radical (unpaired) electrons. The molecular weight excluding hydrogens is 368 g/mol. The number of ether oxygens (including phenoxy) is 2. The summed E-state index contributed by atoms with van der Waals surface area (Å²) in [6, 6.07) is 0. The van der Waals surface area contributed by atoms with Gasteiger partial charge in [0, 0.05) is 18.0 Å². The number of fused-ring (bicyclic) bond motifs is 1. The standard InChI is InChI=1S/C19H28N2O3S2/c1-4-23-18(22)16-14-8-6-5-7-9-15(14)26-17(16)20-19(25)21-10-12(2)24-13(3)11-21/h12-13H,4-11H2,1-3H3,(H,20,25)/t12-,13+. The summed E-state index contributed by atoms with van der Waals surface area (Å²) in [5, 5.41) is 4.86. The van der Waals surface area contributed by atoms with Crippen molar-refractivity contribution >= 4 is 39.6 Å². The molecular formula is C19H28N2O3S2. The Morgan fingerprint density at radius 1 is 1.27 bits per heavy atom. The van der Waals surface area contributed by atoms with Crippen LogP contribution in [0.5, 0.6) is 0 Å². The van der Waals surface area contributed by atoms with Crippen molar-refractivity contribution in [3.63, 3.8) is 0 Å². The van der Waals surface area contributed by atoms with E-state index in [9.17, 15) is 4.79 Å². The fourth-order valence-electron chi connectivity index (χ4n) is 3.77. The van der Waals surface area contributed by atoms with Gasteiger partial charge in [-0.25, -0.2) is 4.79 Å². The lowest BCUT2D eigenvalue weighted by atomic mass is 10.1. The van der Waals surface area contributed by atoms with Gasteiger partial charge in [0.25, 0.3) is 0 Å². The summed E-state index contributed by atoms with van der Waals surface area (Å²) in [6.07, 6.45) is 5.78. The van der Waals surface area contributed by atoms with Crippen molar-refractivity contribution in [1.82, 2.24) is 4.90 Å². The fraction of sp³-hybridized carbons (Fsp3) is 0.684. The molecule has 1 aromatic heterocycles. The molecule has 144 valence electrons. The van der Waals surface area contributed by atoms with E-state index in [1.807, 2.05) is 6.92 Å². The van der Waals surface area contributed by atoms with Crippen LogP contribution in [0.3, 0.4) is 0 Å². The Morgan fingerprint density at radius 2 is 1.96 bits per heavy atom. The lowest BCUT2D eigenvalue weighted by Gasteiger charge is -2.36. The van der Waals surface area contributed by atoms with Crippen LogP contribution in [0.2, 0.25) is 0 Å². The van der Waals surface area contributed by atoms with E-state index in [4.69, 9.17) is 21.7 Å². The molecule has 0 unspecified atom stereocenters. The van der Waals surface area contributed by atoms with E-state index in [0.29, 0.717) is 17.3 Å². The largest absolute Gasteiger partial charge is 0.462 e. The predicted octanol–water partition coefficient (Wildman–Crippen LogP) is 4.00. The molecule has 0 bridgehead atoms. The van der Waals surface area contributed by atoms with Gasteiger partial charge in [-0.05, 0) is 64.2 Å². The molecule has 1 fully saturated rings. The Labute approximate surface area is 165 Å². The molecule has 3 rings (SSSR count). The van der Waals surface area contributed by atoms with Crippen molar-refractivity contribution in [1.29, 1.82) is 0 Å². The van der Waals surface area contributed by atoms with Gasteiger partial charge < -0.3 is 19.7 Å². The van der Waals surface area contributed by atoms with Crippen molar-refractivity contribution in [3.8, 4) is 0 Å². The number of carbonyl (C=O) groups is 1. The first-order valence-corrected chi connectivity index (χ1v) is 10.7. The lowest BCUT2D eigenvalue weighted by Crippen LogP contribution is -2.49. The molecule has 7 heteroatoms. The van der Waals surface area contributed by atoms with Gasteiger partial charge in [-0.1, -0.05) is 6.42 Å². The van der Waals surface area contributed by atoms with E-state index in [0.717, 1.165) is 37.4 Å². The molecule has 0 aromatic carbocycles. The minimum atomic E-state index is -0.235. The molecule has 0 amide bonds. The number of nitrogens with zero attached hydrogens (tertiary/aromatic N) is 1. The molecule has 26 heavy (non-hydrogen) atoms. The minimum absolute atomic E-state index is 0.142. The number of esters is 1. The summed E-state index contributed by atoms with van der Waals surface area (Å²) in [5.41, 5.74) is 1.87. The first-order chi connectivity index (χ1) is 12.5. The number of anilines is 1. The maximum Gasteiger partial charge on any atom is 0.341 e. The maximum atomic E-state index is 12.6. The van der Waals surface area contributed by atoms with Crippen LogP contribution in [0.25, 0.3) is 0 Å². The maximum absolute atomic E-state index is 12.6. The first kappa shape index (κ1) is 19.6. The van der Waals surface area contributed by atoms with E-state index in [1.165, 1.54) is 23.3 Å². The highest BCUT2D eigenvalue weighted by Gasteiger charge is 2.28. The normalized spacial score (nSPS) is 23.1. The quantitative estimate of drug-likeness (QED) is 0.473. The number of hydrogen-bond acceptors (Lipinski definition) is 5. The topological polar surface area (TPSA) is 50.8 Å². The zero-order chi connectivity index (χ0) is 18.7. The van der Waals surface area contributed by atoms with Crippen molar-refractivity contribution in [3.05, 3.63) is 16.0 Å². The van der Waals surface area contributed by atoms with E-state index in [-0.39, 0.29) is 18.2 Å². The summed E-state index contributed by atoms with van der Waals surface area (Å²) in [6.45, 7) is 7.86. The van der Waals surface area contributed by atoms with Crippen LogP contribution in [0.15, 0.2) is 0 Å². The number of rotatable bonds is 3.